The molecule has 0 aliphatic heterocycles. The van der Waals surface area contributed by atoms with Gasteiger partial charge in [0.25, 0.3) is 0 Å². The Balaban J connectivity index is 2.78. The van der Waals surface area contributed by atoms with Crippen molar-refractivity contribution in [2.75, 3.05) is 17.6 Å². The predicted octanol–water partition coefficient (Wildman–Crippen LogP) is 1.37. The molecule has 5 nitrogen and oxygen atoms in total. The van der Waals surface area contributed by atoms with Crippen LogP contribution in [-0.4, -0.2) is 31.8 Å². The van der Waals surface area contributed by atoms with E-state index < -0.39 is 15.8 Å². The first-order chi connectivity index (χ1) is 7.95. The number of carbonyl (C=O) groups is 1. The molecule has 0 unspecified atom stereocenters. The van der Waals surface area contributed by atoms with Crippen molar-refractivity contribution in [1.29, 1.82) is 0 Å². The molecule has 1 rings (SSSR count). The van der Waals surface area contributed by atoms with Crippen LogP contribution in [0.4, 0.5) is 5.69 Å². The van der Waals surface area contributed by atoms with Crippen LogP contribution >= 0.6 is 0 Å². The third-order valence-corrected chi connectivity index (χ3v) is 4.07. The highest BCUT2D eigenvalue weighted by Gasteiger charge is 2.12. The topological polar surface area (TPSA) is 83.5 Å². The molecule has 0 bridgehead atoms. The summed E-state index contributed by atoms with van der Waals surface area (Å²) in [6.45, 7) is 1.61. The lowest BCUT2D eigenvalue weighted by molar-refractivity contribution is -0.134. The SMILES string of the molecule is CCCS(=O)(=O)c1ccc(NCC(=O)O)cc1. The molecular weight excluding hydrogens is 242 g/mol. The molecule has 0 atom stereocenters. The van der Waals surface area contributed by atoms with Crippen LogP contribution in [0, 0.1) is 0 Å². The first kappa shape index (κ1) is 13.5. The highest BCUT2D eigenvalue weighted by Crippen LogP contribution is 2.15. The highest BCUT2D eigenvalue weighted by molar-refractivity contribution is 7.91. The van der Waals surface area contributed by atoms with Crippen LogP contribution in [0.2, 0.25) is 0 Å². The van der Waals surface area contributed by atoms with Crippen molar-refractivity contribution in [1.82, 2.24) is 0 Å². The summed E-state index contributed by atoms with van der Waals surface area (Å²) in [6, 6.07) is 6.08. The second-order valence-electron chi connectivity index (χ2n) is 3.59. The predicted molar refractivity (Wildman–Crippen MR) is 64.9 cm³/mol. The smallest absolute Gasteiger partial charge is 0.322 e. The van der Waals surface area contributed by atoms with Gasteiger partial charge in [0, 0.05) is 5.69 Å². The fraction of sp³-hybridized carbons (Fsp3) is 0.364. The van der Waals surface area contributed by atoms with Gasteiger partial charge in [0.2, 0.25) is 0 Å². The van der Waals surface area contributed by atoms with Crippen LogP contribution in [0.1, 0.15) is 13.3 Å². The van der Waals surface area contributed by atoms with Crippen molar-refractivity contribution >= 4 is 21.5 Å². The van der Waals surface area contributed by atoms with Crippen LogP contribution in [-0.2, 0) is 14.6 Å². The highest BCUT2D eigenvalue weighted by atomic mass is 32.2. The third kappa shape index (κ3) is 4.07. The molecule has 0 radical (unpaired) electrons. The molecular formula is C11H15NO4S. The van der Waals surface area contributed by atoms with E-state index in [-0.39, 0.29) is 17.2 Å². The molecule has 6 heteroatoms. The summed E-state index contributed by atoms with van der Waals surface area (Å²) >= 11 is 0. The van der Waals surface area contributed by atoms with Crippen molar-refractivity contribution in [3.8, 4) is 0 Å². The minimum Gasteiger partial charge on any atom is -0.480 e. The van der Waals surface area contributed by atoms with Gasteiger partial charge in [-0.05, 0) is 30.7 Å². The molecule has 1 aromatic carbocycles. The van der Waals surface area contributed by atoms with Crippen LogP contribution in [0.5, 0.6) is 0 Å². The van der Waals surface area contributed by atoms with Crippen molar-refractivity contribution in [2.24, 2.45) is 0 Å². The molecule has 0 amide bonds. The molecule has 94 valence electrons. The summed E-state index contributed by atoms with van der Waals surface area (Å²) in [4.78, 5) is 10.6. The maximum absolute atomic E-state index is 11.7. The van der Waals surface area contributed by atoms with Crippen LogP contribution in [0.15, 0.2) is 29.2 Å². The quantitative estimate of drug-likeness (QED) is 0.804. The minimum absolute atomic E-state index is 0.120. The van der Waals surface area contributed by atoms with Crippen LogP contribution in [0.25, 0.3) is 0 Å². The monoisotopic (exact) mass is 257 g/mol. The molecule has 17 heavy (non-hydrogen) atoms. The van der Waals surface area contributed by atoms with E-state index in [2.05, 4.69) is 5.32 Å². The summed E-state index contributed by atoms with van der Waals surface area (Å²) in [7, 11) is -3.20. The number of rotatable bonds is 6. The average Bonchev–Trinajstić information content (AvgIpc) is 2.27. The Morgan fingerprint density at radius 2 is 1.88 bits per heavy atom. The Bertz CT molecular complexity index is 479. The molecule has 0 aliphatic rings. The molecule has 1 aromatic rings. The molecule has 0 saturated carbocycles. The van der Waals surface area contributed by atoms with Crippen LogP contribution < -0.4 is 5.32 Å². The zero-order valence-electron chi connectivity index (χ0n) is 9.51. The summed E-state index contributed by atoms with van der Waals surface area (Å²) < 4.78 is 23.4. The van der Waals surface area contributed by atoms with Crippen molar-refractivity contribution in [2.45, 2.75) is 18.2 Å². The number of aliphatic carboxylic acids is 1. The zero-order valence-corrected chi connectivity index (χ0v) is 10.3. The van der Waals surface area contributed by atoms with Gasteiger partial charge in [0.1, 0.15) is 6.54 Å². The van der Waals surface area contributed by atoms with E-state index >= 15 is 0 Å². The van der Waals surface area contributed by atoms with Gasteiger partial charge in [0.15, 0.2) is 9.84 Å². The fourth-order valence-corrected chi connectivity index (χ4v) is 2.67. The summed E-state index contributed by atoms with van der Waals surface area (Å²) in [5.41, 5.74) is 0.586. The maximum atomic E-state index is 11.7. The van der Waals surface area contributed by atoms with Crippen molar-refractivity contribution in [3.05, 3.63) is 24.3 Å². The van der Waals surface area contributed by atoms with E-state index in [9.17, 15) is 13.2 Å². The second kappa shape index (κ2) is 5.67. The number of benzene rings is 1. The van der Waals surface area contributed by atoms with Crippen molar-refractivity contribution < 1.29 is 18.3 Å². The standard InChI is InChI=1S/C11H15NO4S/c1-2-7-17(15,16)10-5-3-9(4-6-10)12-8-11(13)14/h3-6,12H,2,7-8H2,1H3,(H,13,14). The lowest BCUT2D eigenvalue weighted by atomic mass is 10.3. The largest absolute Gasteiger partial charge is 0.480 e. The van der Waals surface area contributed by atoms with Gasteiger partial charge in [-0.1, -0.05) is 6.92 Å². The van der Waals surface area contributed by atoms with Gasteiger partial charge in [-0.25, -0.2) is 8.42 Å². The van der Waals surface area contributed by atoms with E-state index in [1.165, 1.54) is 12.1 Å². The number of anilines is 1. The summed E-state index contributed by atoms with van der Waals surface area (Å²) in [6.07, 6.45) is 0.571. The summed E-state index contributed by atoms with van der Waals surface area (Å²) in [5, 5.41) is 11.1. The molecule has 0 saturated heterocycles. The van der Waals surface area contributed by atoms with Crippen LogP contribution in [0.3, 0.4) is 0 Å². The van der Waals surface area contributed by atoms with E-state index in [1.54, 1.807) is 19.1 Å². The number of hydrogen-bond acceptors (Lipinski definition) is 4. The molecule has 0 heterocycles. The Kier molecular flexibility index (Phi) is 4.51. The Morgan fingerprint density at radius 3 is 2.35 bits per heavy atom. The third-order valence-electron chi connectivity index (χ3n) is 2.13. The Hall–Kier alpha value is -1.56. The molecule has 0 aromatic heterocycles. The van der Waals surface area contributed by atoms with E-state index in [0.717, 1.165) is 0 Å². The van der Waals surface area contributed by atoms with Gasteiger partial charge >= 0.3 is 5.97 Å². The van der Waals surface area contributed by atoms with Gasteiger partial charge in [-0.3, -0.25) is 4.79 Å². The van der Waals surface area contributed by atoms with E-state index in [4.69, 9.17) is 5.11 Å². The summed E-state index contributed by atoms with van der Waals surface area (Å²) in [5.74, 6) is -0.845. The number of nitrogens with one attached hydrogen (secondary N) is 1. The maximum Gasteiger partial charge on any atom is 0.322 e. The normalized spacial score (nSPS) is 11.1. The zero-order chi connectivity index (χ0) is 12.9. The molecule has 0 fully saturated rings. The Labute approximate surface area is 100 Å². The fourth-order valence-electron chi connectivity index (χ4n) is 1.34. The van der Waals surface area contributed by atoms with Gasteiger partial charge < -0.3 is 10.4 Å². The van der Waals surface area contributed by atoms with E-state index in [0.29, 0.717) is 12.1 Å². The van der Waals surface area contributed by atoms with Crippen molar-refractivity contribution in [3.63, 3.8) is 0 Å². The number of carboxylic acid groups (broad SMARTS) is 1. The van der Waals surface area contributed by atoms with E-state index in [1.807, 2.05) is 0 Å². The number of hydrogen-bond donors (Lipinski definition) is 2. The lowest BCUT2D eigenvalue weighted by Crippen LogP contribution is -2.12. The second-order valence-corrected chi connectivity index (χ2v) is 5.70. The van der Waals surface area contributed by atoms with Gasteiger partial charge in [-0.15, -0.1) is 0 Å². The molecule has 0 spiro atoms. The minimum atomic E-state index is -3.20. The molecule has 2 N–H and O–H groups in total. The first-order valence-electron chi connectivity index (χ1n) is 5.24. The van der Waals surface area contributed by atoms with Gasteiger partial charge in [0.05, 0.1) is 10.6 Å². The number of sulfone groups is 1. The molecule has 0 aliphatic carbocycles. The average molecular weight is 257 g/mol. The Morgan fingerprint density at radius 1 is 1.29 bits per heavy atom. The number of carboxylic acids is 1. The lowest BCUT2D eigenvalue weighted by Gasteiger charge is -2.05. The first-order valence-corrected chi connectivity index (χ1v) is 6.89. The van der Waals surface area contributed by atoms with Gasteiger partial charge in [-0.2, -0.15) is 0 Å².